The Balaban J connectivity index is 1.64. The lowest BCUT2D eigenvalue weighted by Gasteiger charge is -2.37. The summed E-state index contributed by atoms with van der Waals surface area (Å²) in [6.45, 7) is 7.51. The summed E-state index contributed by atoms with van der Waals surface area (Å²) >= 11 is 0. The molecule has 0 radical (unpaired) electrons. The van der Waals surface area contributed by atoms with Crippen molar-refractivity contribution in [1.29, 1.82) is 0 Å². The van der Waals surface area contributed by atoms with Gasteiger partial charge in [0.15, 0.2) is 0 Å². The number of hydrogen-bond donors (Lipinski definition) is 0. The highest BCUT2D eigenvalue weighted by Crippen LogP contribution is 2.25. The largest absolute Gasteiger partial charge is 0.379 e. The van der Waals surface area contributed by atoms with E-state index in [-0.39, 0.29) is 12.0 Å². The minimum absolute atomic E-state index is 0.0405. The van der Waals surface area contributed by atoms with E-state index in [2.05, 4.69) is 36.3 Å². The van der Waals surface area contributed by atoms with Gasteiger partial charge in [-0.25, -0.2) is 0 Å². The summed E-state index contributed by atoms with van der Waals surface area (Å²) in [6, 6.07) is 8.65. The fourth-order valence-electron chi connectivity index (χ4n) is 4.10. The minimum atomic E-state index is 0.0405. The van der Waals surface area contributed by atoms with Crippen molar-refractivity contribution < 1.29 is 9.53 Å². The fraction of sp³-hybridized carbons (Fsp3) is 0.478. The van der Waals surface area contributed by atoms with Crippen LogP contribution in [-0.2, 0) is 23.0 Å². The molecule has 28 heavy (non-hydrogen) atoms. The number of methoxy groups -OCH3 is 1. The summed E-state index contributed by atoms with van der Waals surface area (Å²) in [6.07, 6.45) is 5.57. The fourth-order valence-corrected chi connectivity index (χ4v) is 4.10. The van der Waals surface area contributed by atoms with Gasteiger partial charge in [0.05, 0.1) is 11.8 Å². The third kappa shape index (κ3) is 4.53. The van der Waals surface area contributed by atoms with Crippen LogP contribution in [0.5, 0.6) is 0 Å². The number of benzene rings is 1. The lowest BCUT2D eigenvalue weighted by molar-refractivity contribution is -0.131. The number of carbonyl (C=O) groups excluding carboxylic acids is 1. The first-order chi connectivity index (χ1) is 13.4. The molecule has 1 aliphatic heterocycles. The van der Waals surface area contributed by atoms with Crippen LogP contribution in [-0.4, -0.2) is 46.9 Å². The number of carbonyl (C=O) groups is 1. The second-order valence-electron chi connectivity index (χ2n) is 7.84. The van der Waals surface area contributed by atoms with Crippen molar-refractivity contribution >= 4 is 12.0 Å². The molecule has 1 aliphatic rings. The van der Waals surface area contributed by atoms with Gasteiger partial charge in [0.2, 0.25) is 5.91 Å². The molecule has 5 nitrogen and oxygen atoms in total. The first kappa shape index (κ1) is 20.3. The predicted molar refractivity (Wildman–Crippen MR) is 112 cm³/mol. The Morgan fingerprint density at radius 2 is 2.11 bits per heavy atom. The molecule has 0 spiro atoms. The molecule has 1 aromatic carbocycles. The zero-order valence-corrected chi connectivity index (χ0v) is 17.6. The molecule has 2 heterocycles. The van der Waals surface area contributed by atoms with Crippen molar-refractivity contribution in [2.75, 3.05) is 20.2 Å². The van der Waals surface area contributed by atoms with Crippen LogP contribution in [0.25, 0.3) is 6.08 Å². The molecule has 5 heteroatoms. The van der Waals surface area contributed by atoms with E-state index in [1.165, 1.54) is 11.1 Å². The highest BCUT2D eigenvalue weighted by atomic mass is 16.5. The topological polar surface area (TPSA) is 47.4 Å². The summed E-state index contributed by atoms with van der Waals surface area (Å²) in [5.41, 5.74) is 5.65. The number of hydrogen-bond acceptors (Lipinski definition) is 3. The maximum Gasteiger partial charge on any atom is 0.246 e. The van der Waals surface area contributed by atoms with Gasteiger partial charge in [-0.15, -0.1) is 0 Å². The SMILES string of the molecule is CO[C@H]1CN(C(=O)C=Cc2c(C)nn(C)c2C)CC[C@@H]1Cc1cccc(C)c1. The van der Waals surface area contributed by atoms with E-state index in [0.29, 0.717) is 12.5 Å². The highest BCUT2D eigenvalue weighted by Gasteiger charge is 2.31. The maximum atomic E-state index is 12.7. The van der Waals surface area contributed by atoms with E-state index in [0.717, 1.165) is 36.3 Å². The Hall–Kier alpha value is -2.40. The van der Waals surface area contributed by atoms with Gasteiger partial charge >= 0.3 is 0 Å². The van der Waals surface area contributed by atoms with Crippen LogP contribution in [0.1, 0.15) is 34.5 Å². The number of aromatic nitrogens is 2. The normalized spacial score (nSPS) is 20.1. The Morgan fingerprint density at radius 3 is 2.75 bits per heavy atom. The number of ether oxygens (including phenoxy) is 1. The van der Waals surface area contributed by atoms with Gasteiger partial charge in [-0.05, 0) is 51.2 Å². The van der Waals surface area contributed by atoms with E-state index in [9.17, 15) is 4.79 Å². The summed E-state index contributed by atoms with van der Waals surface area (Å²) < 4.78 is 7.60. The predicted octanol–water partition coefficient (Wildman–Crippen LogP) is 3.46. The molecular formula is C23H31N3O2. The zero-order chi connectivity index (χ0) is 20.3. The molecule has 0 bridgehead atoms. The van der Waals surface area contributed by atoms with E-state index in [1.807, 2.05) is 36.6 Å². The Kier molecular flexibility index (Phi) is 6.35. The maximum absolute atomic E-state index is 12.7. The average molecular weight is 382 g/mol. The highest BCUT2D eigenvalue weighted by molar-refractivity contribution is 5.92. The second kappa shape index (κ2) is 8.74. The number of likely N-dealkylation sites (tertiary alicyclic amines) is 1. The van der Waals surface area contributed by atoms with E-state index in [1.54, 1.807) is 13.2 Å². The minimum Gasteiger partial charge on any atom is -0.379 e. The molecule has 2 aromatic rings. The van der Waals surface area contributed by atoms with Crippen molar-refractivity contribution in [2.24, 2.45) is 13.0 Å². The van der Waals surface area contributed by atoms with Crippen molar-refractivity contribution in [3.63, 3.8) is 0 Å². The Morgan fingerprint density at radius 1 is 1.32 bits per heavy atom. The number of aryl methyl sites for hydroxylation is 3. The molecule has 0 aliphatic carbocycles. The third-order valence-corrected chi connectivity index (χ3v) is 5.85. The molecule has 1 fully saturated rings. The lowest BCUT2D eigenvalue weighted by Crippen LogP contribution is -2.47. The van der Waals surface area contributed by atoms with Crippen LogP contribution >= 0.6 is 0 Å². The molecule has 1 aromatic heterocycles. The molecule has 1 amide bonds. The molecule has 3 rings (SSSR count). The smallest absolute Gasteiger partial charge is 0.246 e. The van der Waals surface area contributed by atoms with Gasteiger partial charge in [0.25, 0.3) is 0 Å². The number of nitrogens with zero attached hydrogens (tertiary/aromatic N) is 3. The lowest BCUT2D eigenvalue weighted by atomic mass is 9.87. The number of rotatable bonds is 5. The number of amides is 1. The first-order valence-corrected chi connectivity index (χ1v) is 9.94. The molecule has 0 saturated carbocycles. The van der Waals surface area contributed by atoms with Gasteiger partial charge in [-0.1, -0.05) is 29.8 Å². The van der Waals surface area contributed by atoms with Crippen LogP contribution in [0.15, 0.2) is 30.3 Å². The van der Waals surface area contributed by atoms with Crippen LogP contribution in [0.4, 0.5) is 0 Å². The Labute approximate surface area is 168 Å². The van der Waals surface area contributed by atoms with Crippen molar-refractivity contribution in [3.8, 4) is 0 Å². The van der Waals surface area contributed by atoms with Gasteiger partial charge in [0.1, 0.15) is 0 Å². The second-order valence-corrected chi connectivity index (χ2v) is 7.84. The average Bonchev–Trinajstić information content (AvgIpc) is 2.91. The summed E-state index contributed by atoms with van der Waals surface area (Å²) in [5.74, 6) is 0.473. The van der Waals surface area contributed by atoms with Gasteiger partial charge in [-0.3, -0.25) is 9.48 Å². The van der Waals surface area contributed by atoms with Gasteiger partial charge in [-0.2, -0.15) is 5.10 Å². The molecule has 1 saturated heterocycles. The molecule has 2 atom stereocenters. The first-order valence-electron chi connectivity index (χ1n) is 9.94. The van der Waals surface area contributed by atoms with Crippen LogP contribution in [0.2, 0.25) is 0 Å². The van der Waals surface area contributed by atoms with Crippen molar-refractivity contribution in [3.05, 3.63) is 58.4 Å². The third-order valence-electron chi connectivity index (χ3n) is 5.85. The summed E-state index contributed by atoms with van der Waals surface area (Å²) in [7, 11) is 3.67. The van der Waals surface area contributed by atoms with Gasteiger partial charge in [0, 0.05) is 44.6 Å². The molecule has 150 valence electrons. The van der Waals surface area contributed by atoms with Gasteiger partial charge < -0.3 is 9.64 Å². The van der Waals surface area contributed by atoms with Crippen LogP contribution in [0.3, 0.4) is 0 Å². The van der Waals surface area contributed by atoms with E-state index < -0.39 is 0 Å². The number of piperidine rings is 1. The summed E-state index contributed by atoms with van der Waals surface area (Å²) in [4.78, 5) is 14.6. The van der Waals surface area contributed by atoms with Crippen molar-refractivity contribution in [1.82, 2.24) is 14.7 Å². The monoisotopic (exact) mass is 381 g/mol. The van der Waals surface area contributed by atoms with E-state index >= 15 is 0 Å². The molecule has 0 unspecified atom stereocenters. The van der Waals surface area contributed by atoms with Crippen LogP contribution in [0, 0.1) is 26.7 Å². The zero-order valence-electron chi connectivity index (χ0n) is 17.6. The molecule has 0 N–H and O–H groups in total. The summed E-state index contributed by atoms with van der Waals surface area (Å²) in [5, 5.41) is 4.40. The quantitative estimate of drug-likeness (QED) is 0.745. The van der Waals surface area contributed by atoms with Crippen molar-refractivity contribution in [2.45, 2.75) is 39.7 Å². The van der Waals surface area contributed by atoms with E-state index in [4.69, 9.17) is 4.74 Å². The van der Waals surface area contributed by atoms with Crippen LogP contribution < -0.4 is 0 Å². The molecular weight excluding hydrogens is 350 g/mol. The standard InChI is InChI=1S/C23H31N3O2/c1-16-7-6-8-19(13-16)14-20-11-12-26(15-22(20)28-5)23(27)10-9-21-17(2)24-25(4)18(21)3/h6-10,13,20,22H,11-12,14-15H2,1-5H3/t20-,22+/m1/s1. The Bertz CT molecular complexity index is 869.